The molecule has 1 fully saturated rings. The van der Waals surface area contributed by atoms with Crippen molar-refractivity contribution in [1.29, 1.82) is 0 Å². The van der Waals surface area contributed by atoms with Gasteiger partial charge in [0.1, 0.15) is 5.82 Å². The maximum atomic E-state index is 13.4. The van der Waals surface area contributed by atoms with E-state index in [9.17, 15) is 9.18 Å². The number of nitrogens with zero attached hydrogens (tertiary/aromatic N) is 3. The first kappa shape index (κ1) is 17.4. The van der Waals surface area contributed by atoms with E-state index in [1.807, 2.05) is 16.3 Å². The fourth-order valence-electron chi connectivity index (χ4n) is 3.01. The molecule has 1 aliphatic heterocycles. The van der Waals surface area contributed by atoms with Crippen LogP contribution < -0.4 is 0 Å². The van der Waals surface area contributed by atoms with Crippen LogP contribution in [-0.4, -0.2) is 34.0 Å². The lowest BCUT2D eigenvalue weighted by atomic mass is 10.1. The van der Waals surface area contributed by atoms with Crippen molar-refractivity contribution in [1.82, 2.24) is 15.0 Å². The molecule has 4 rings (SSSR count). The normalized spacial score (nSPS) is 17.2. The molecule has 1 aromatic carbocycles. The minimum Gasteiger partial charge on any atom is -0.342 e. The maximum Gasteiger partial charge on any atom is 0.232 e. The van der Waals surface area contributed by atoms with Gasteiger partial charge in [0.15, 0.2) is 0 Å². The Morgan fingerprint density at radius 2 is 2.27 bits per heavy atom. The highest BCUT2D eigenvalue weighted by molar-refractivity contribution is 9.10. The third kappa shape index (κ3) is 3.57. The van der Waals surface area contributed by atoms with Crippen LogP contribution in [0, 0.1) is 5.82 Å². The molecule has 0 radical (unpaired) electrons. The van der Waals surface area contributed by atoms with Crippen molar-refractivity contribution < 1.29 is 13.7 Å². The molecule has 1 unspecified atom stereocenters. The molecule has 1 saturated heterocycles. The van der Waals surface area contributed by atoms with Crippen molar-refractivity contribution in [3.63, 3.8) is 0 Å². The quantitative estimate of drug-likeness (QED) is 0.600. The third-order valence-electron chi connectivity index (χ3n) is 4.39. The summed E-state index contributed by atoms with van der Waals surface area (Å²) in [7, 11) is 0. The van der Waals surface area contributed by atoms with Crippen LogP contribution in [0.2, 0.25) is 0 Å². The number of likely N-dealkylation sites (tertiary alicyclic amines) is 1. The van der Waals surface area contributed by atoms with Gasteiger partial charge in [-0.05, 0) is 52.0 Å². The summed E-state index contributed by atoms with van der Waals surface area (Å²) in [5.41, 5.74) is 0.659. The monoisotopic (exact) mass is 435 g/mol. The lowest BCUT2D eigenvalue weighted by Gasteiger charge is -2.15. The molecular weight excluding hydrogens is 421 g/mol. The second kappa shape index (κ2) is 7.28. The topological polar surface area (TPSA) is 59.2 Å². The van der Waals surface area contributed by atoms with Gasteiger partial charge in [0.05, 0.1) is 10.4 Å². The number of carbonyl (C=O) groups excluding carboxylic acids is 1. The fourth-order valence-corrected chi connectivity index (χ4v) is 4.08. The van der Waals surface area contributed by atoms with E-state index < -0.39 is 0 Å². The highest BCUT2D eigenvalue weighted by Gasteiger charge is 2.34. The van der Waals surface area contributed by atoms with Crippen molar-refractivity contribution in [3.05, 3.63) is 56.8 Å². The number of carbonyl (C=O) groups is 1. The van der Waals surface area contributed by atoms with Crippen LogP contribution in [-0.2, 0) is 11.2 Å². The first-order chi connectivity index (χ1) is 12.6. The van der Waals surface area contributed by atoms with Crippen molar-refractivity contribution in [2.75, 3.05) is 13.1 Å². The second-order valence-electron chi connectivity index (χ2n) is 6.16. The van der Waals surface area contributed by atoms with Crippen LogP contribution >= 0.6 is 27.3 Å². The number of hydrogen-bond donors (Lipinski definition) is 0. The standard InChI is InChI=1S/C18H15BrFN3O2S/c19-14-8-11(3-4-15(14)20)17-21-18(25-22-17)12-9-16(24)23(10-12)6-5-13-2-1-7-26-13/h1-4,7-8,12H,5-6,9-10H2. The lowest BCUT2D eigenvalue weighted by molar-refractivity contribution is -0.127. The van der Waals surface area contributed by atoms with Crippen molar-refractivity contribution in [2.24, 2.45) is 0 Å². The number of amides is 1. The molecule has 0 saturated carbocycles. The number of thiophene rings is 1. The zero-order valence-electron chi connectivity index (χ0n) is 13.7. The first-order valence-electron chi connectivity index (χ1n) is 8.19. The smallest absolute Gasteiger partial charge is 0.232 e. The minimum atomic E-state index is -0.347. The van der Waals surface area contributed by atoms with Crippen molar-refractivity contribution in [2.45, 2.75) is 18.8 Å². The average Bonchev–Trinajstić information content (AvgIpc) is 3.36. The summed E-state index contributed by atoms with van der Waals surface area (Å²) in [4.78, 5) is 19.8. The molecule has 0 aliphatic carbocycles. The van der Waals surface area contributed by atoms with Gasteiger partial charge < -0.3 is 9.42 Å². The van der Waals surface area contributed by atoms with E-state index in [2.05, 4.69) is 32.1 Å². The molecular formula is C18H15BrFN3O2S. The number of rotatable bonds is 5. The largest absolute Gasteiger partial charge is 0.342 e. The van der Waals surface area contributed by atoms with Gasteiger partial charge in [-0.25, -0.2) is 4.39 Å². The van der Waals surface area contributed by atoms with E-state index in [0.717, 1.165) is 6.42 Å². The summed E-state index contributed by atoms with van der Waals surface area (Å²) in [6, 6.07) is 8.65. The number of benzene rings is 1. The Bertz CT molecular complexity index is 928. The zero-order chi connectivity index (χ0) is 18.1. The third-order valence-corrected chi connectivity index (χ3v) is 5.94. The van der Waals surface area contributed by atoms with Crippen LogP contribution in [0.25, 0.3) is 11.4 Å². The SMILES string of the molecule is O=C1CC(c2nc(-c3ccc(F)c(Br)c3)no2)CN1CCc1cccs1. The lowest BCUT2D eigenvalue weighted by Crippen LogP contribution is -2.27. The van der Waals surface area contributed by atoms with E-state index in [4.69, 9.17) is 4.52 Å². The van der Waals surface area contributed by atoms with E-state index >= 15 is 0 Å². The highest BCUT2D eigenvalue weighted by Crippen LogP contribution is 2.30. The highest BCUT2D eigenvalue weighted by atomic mass is 79.9. The predicted molar refractivity (Wildman–Crippen MR) is 99.4 cm³/mol. The molecule has 5 nitrogen and oxygen atoms in total. The summed E-state index contributed by atoms with van der Waals surface area (Å²) in [6.45, 7) is 1.28. The zero-order valence-corrected chi connectivity index (χ0v) is 16.1. The van der Waals surface area contributed by atoms with Gasteiger partial charge in [-0.1, -0.05) is 11.2 Å². The van der Waals surface area contributed by atoms with E-state index in [1.54, 1.807) is 23.5 Å². The molecule has 3 aromatic rings. The van der Waals surface area contributed by atoms with Gasteiger partial charge in [-0.15, -0.1) is 11.3 Å². The Morgan fingerprint density at radius 1 is 1.38 bits per heavy atom. The average molecular weight is 436 g/mol. The number of hydrogen-bond acceptors (Lipinski definition) is 5. The van der Waals surface area contributed by atoms with E-state index in [0.29, 0.717) is 41.3 Å². The predicted octanol–water partition coefficient (Wildman–Crippen LogP) is 4.26. The van der Waals surface area contributed by atoms with Crippen LogP contribution in [0.4, 0.5) is 4.39 Å². The molecule has 0 spiro atoms. The molecule has 1 atom stereocenters. The second-order valence-corrected chi connectivity index (χ2v) is 8.04. The molecule has 8 heteroatoms. The van der Waals surface area contributed by atoms with Crippen molar-refractivity contribution >= 4 is 33.2 Å². The van der Waals surface area contributed by atoms with Gasteiger partial charge in [0.2, 0.25) is 17.6 Å². The van der Waals surface area contributed by atoms with Gasteiger partial charge in [-0.3, -0.25) is 4.79 Å². The molecule has 1 aliphatic rings. The summed E-state index contributed by atoms with van der Waals surface area (Å²) in [5, 5.41) is 6.02. The summed E-state index contributed by atoms with van der Waals surface area (Å²) >= 11 is 4.85. The Hall–Kier alpha value is -2.06. The Balaban J connectivity index is 1.44. The molecule has 2 aromatic heterocycles. The Kier molecular flexibility index (Phi) is 4.86. The number of aromatic nitrogens is 2. The van der Waals surface area contributed by atoms with Crippen LogP contribution in [0.3, 0.4) is 0 Å². The molecule has 1 amide bonds. The van der Waals surface area contributed by atoms with Gasteiger partial charge >= 0.3 is 0 Å². The van der Waals surface area contributed by atoms with E-state index in [-0.39, 0.29) is 17.6 Å². The number of halogens is 2. The molecule has 0 N–H and O–H groups in total. The Labute approximate surface area is 162 Å². The molecule has 3 heterocycles. The molecule has 26 heavy (non-hydrogen) atoms. The van der Waals surface area contributed by atoms with Crippen LogP contribution in [0.15, 0.2) is 44.7 Å². The summed E-state index contributed by atoms with van der Waals surface area (Å²) in [5.74, 6) is 0.504. The minimum absolute atomic E-state index is 0.101. The Morgan fingerprint density at radius 3 is 3.04 bits per heavy atom. The molecule has 134 valence electrons. The van der Waals surface area contributed by atoms with Crippen molar-refractivity contribution in [3.8, 4) is 11.4 Å². The first-order valence-corrected chi connectivity index (χ1v) is 9.86. The maximum absolute atomic E-state index is 13.4. The van der Waals surface area contributed by atoms with Gasteiger partial charge in [-0.2, -0.15) is 4.98 Å². The van der Waals surface area contributed by atoms with Crippen LogP contribution in [0.1, 0.15) is 23.1 Å². The van der Waals surface area contributed by atoms with Gasteiger partial charge in [0.25, 0.3) is 0 Å². The fraction of sp³-hybridized carbons (Fsp3) is 0.278. The van der Waals surface area contributed by atoms with Gasteiger partial charge in [0, 0.05) is 30.0 Å². The van der Waals surface area contributed by atoms with E-state index in [1.165, 1.54) is 10.9 Å². The summed E-state index contributed by atoms with van der Waals surface area (Å²) < 4.78 is 19.1. The molecule has 0 bridgehead atoms. The summed E-state index contributed by atoms with van der Waals surface area (Å²) in [6.07, 6.45) is 1.23. The van der Waals surface area contributed by atoms with Crippen LogP contribution in [0.5, 0.6) is 0 Å².